The Balaban J connectivity index is 1.84. The van der Waals surface area contributed by atoms with Crippen LogP contribution in [0.5, 0.6) is 0 Å². The molecule has 0 amide bonds. The van der Waals surface area contributed by atoms with Crippen LogP contribution in [0.2, 0.25) is 0 Å². The van der Waals surface area contributed by atoms with Crippen molar-refractivity contribution in [2.45, 2.75) is 43.7 Å². The van der Waals surface area contributed by atoms with Gasteiger partial charge in [0.25, 0.3) is 0 Å². The molecular weight excluding hydrogens is 162 g/mol. The number of hydrogen-bond donors (Lipinski definition) is 2. The van der Waals surface area contributed by atoms with E-state index in [1.807, 2.05) is 0 Å². The Labute approximate surface area is 78.5 Å². The summed E-state index contributed by atoms with van der Waals surface area (Å²) >= 11 is 0. The zero-order valence-corrected chi connectivity index (χ0v) is 7.87. The predicted octanol–water partition coefficient (Wildman–Crippen LogP) is 0.885. The van der Waals surface area contributed by atoms with E-state index in [-0.39, 0.29) is 5.60 Å². The average Bonchev–Trinajstić information content (AvgIpc) is 2.51. The van der Waals surface area contributed by atoms with Crippen molar-refractivity contribution < 1.29 is 5.11 Å². The fraction of sp³-hybridized carbons (Fsp3) is 1.00. The van der Waals surface area contributed by atoms with Crippen LogP contribution in [0.25, 0.3) is 0 Å². The zero-order valence-electron chi connectivity index (χ0n) is 7.87. The van der Waals surface area contributed by atoms with Gasteiger partial charge in [0.1, 0.15) is 0 Å². The van der Waals surface area contributed by atoms with Crippen LogP contribution in [0.3, 0.4) is 0 Å². The maximum atomic E-state index is 10.3. The van der Waals surface area contributed by atoms with Gasteiger partial charge in [-0.25, -0.2) is 0 Å². The molecule has 4 aliphatic carbocycles. The molecule has 13 heavy (non-hydrogen) atoms. The van der Waals surface area contributed by atoms with Crippen LogP contribution in [-0.4, -0.2) is 16.7 Å². The van der Waals surface area contributed by atoms with Crippen LogP contribution in [0.15, 0.2) is 0 Å². The van der Waals surface area contributed by atoms with Gasteiger partial charge < -0.3 is 10.8 Å². The second-order valence-electron chi connectivity index (χ2n) is 6.11. The molecule has 0 aromatic carbocycles. The Morgan fingerprint density at radius 2 is 1.92 bits per heavy atom. The number of fused-ring (bicyclic) bond motifs is 1. The molecule has 0 aromatic rings. The molecule has 0 saturated heterocycles. The third-order valence-corrected chi connectivity index (χ3v) is 5.54. The van der Waals surface area contributed by atoms with Gasteiger partial charge in [-0.2, -0.15) is 0 Å². The van der Waals surface area contributed by atoms with Crippen LogP contribution in [0.1, 0.15) is 32.1 Å². The lowest BCUT2D eigenvalue weighted by atomic mass is 9.78. The average molecular weight is 179 g/mol. The number of nitrogens with two attached hydrogens (primary N) is 1. The lowest BCUT2D eigenvalue weighted by Gasteiger charge is -2.32. The smallest absolute Gasteiger partial charge is 0.0657 e. The summed E-state index contributed by atoms with van der Waals surface area (Å²) in [5.74, 6) is 2.30. The fourth-order valence-corrected chi connectivity index (χ4v) is 5.05. The van der Waals surface area contributed by atoms with Gasteiger partial charge in [0.15, 0.2) is 0 Å². The van der Waals surface area contributed by atoms with E-state index in [1.165, 1.54) is 12.8 Å². The summed E-state index contributed by atoms with van der Waals surface area (Å²) < 4.78 is 0. The first-order chi connectivity index (χ1) is 6.13. The van der Waals surface area contributed by atoms with Gasteiger partial charge in [-0.05, 0) is 55.3 Å². The number of hydrogen-bond acceptors (Lipinski definition) is 2. The van der Waals surface area contributed by atoms with Gasteiger partial charge in [-0.15, -0.1) is 0 Å². The van der Waals surface area contributed by atoms with E-state index in [1.54, 1.807) is 0 Å². The van der Waals surface area contributed by atoms with E-state index in [0.29, 0.717) is 17.4 Å². The summed E-state index contributed by atoms with van der Waals surface area (Å²) in [5.41, 5.74) is 6.50. The number of aliphatic hydroxyl groups is 1. The molecule has 2 nitrogen and oxygen atoms in total. The predicted molar refractivity (Wildman–Crippen MR) is 48.9 cm³/mol. The highest BCUT2D eigenvalue weighted by Gasteiger charge is 2.73. The monoisotopic (exact) mass is 179 g/mol. The fourth-order valence-electron chi connectivity index (χ4n) is 5.05. The molecule has 4 fully saturated rings. The molecule has 4 aliphatic rings. The van der Waals surface area contributed by atoms with Crippen molar-refractivity contribution >= 4 is 0 Å². The molecule has 3 N–H and O–H groups in total. The summed E-state index contributed by atoms with van der Waals surface area (Å²) in [7, 11) is 0. The lowest BCUT2D eigenvalue weighted by molar-refractivity contribution is -0.000583. The molecule has 6 unspecified atom stereocenters. The summed E-state index contributed by atoms with van der Waals surface area (Å²) in [6.45, 7) is 0. The van der Waals surface area contributed by atoms with Crippen molar-refractivity contribution in [1.29, 1.82) is 0 Å². The highest BCUT2D eigenvalue weighted by Crippen LogP contribution is 2.77. The lowest BCUT2D eigenvalue weighted by Crippen LogP contribution is -2.34. The Morgan fingerprint density at radius 3 is 2.77 bits per heavy atom. The third-order valence-electron chi connectivity index (χ3n) is 5.54. The Kier molecular flexibility index (Phi) is 0.947. The van der Waals surface area contributed by atoms with Crippen molar-refractivity contribution in [3.63, 3.8) is 0 Å². The molecule has 0 aliphatic heterocycles. The second-order valence-corrected chi connectivity index (χ2v) is 6.11. The Hall–Kier alpha value is -0.0800. The SMILES string of the molecule is NC1CC23CC2CC2(O)CC1C3C2. The standard InChI is InChI=1S/C11H17NO/c12-9-5-11-2-6(11)1-10(13)3-7(9)8(11)4-10/h6-9,13H,1-5,12H2. The van der Waals surface area contributed by atoms with E-state index in [2.05, 4.69) is 0 Å². The molecule has 0 heterocycles. The topological polar surface area (TPSA) is 46.2 Å². The van der Waals surface area contributed by atoms with Gasteiger partial charge in [-0.1, -0.05) is 0 Å². The van der Waals surface area contributed by atoms with Crippen LogP contribution in [-0.2, 0) is 0 Å². The molecule has 0 aromatic heterocycles. The molecule has 2 heteroatoms. The molecule has 1 spiro atoms. The van der Waals surface area contributed by atoms with E-state index < -0.39 is 0 Å². The van der Waals surface area contributed by atoms with Crippen molar-refractivity contribution in [1.82, 2.24) is 0 Å². The molecule has 72 valence electrons. The van der Waals surface area contributed by atoms with Gasteiger partial charge in [0, 0.05) is 6.04 Å². The van der Waals surface area contributed by atoms with Crippen LogP contribution >= 0.6 is 0 Å². The van der Waals surface area contributed by atoms with Crippen molar-refractivity contribution in [2.24, 2.45) is 28.9 Å². The summed E-state index contributed by atoms with van der Waals surface area (Å²) in [6.07, 6.45) is 5.82. The van der Waals surface area contributed by atoms with Gasteiger partial charge in [0.2, 0.25) is 0 Å². The van der Waals surface area contributed by atoms with Gasteiger partial charge in [0.05, 0.1) is 5.60 Å². The largest absolute Gasteiger partial charge is 0.390 e. The minimum atomic E-state index is -0.294. The maximum Gasteiger partial charge on any atom is 0.0657 e. The first-order valence-electron chi connectivity index (χ1n) is 5.61. The highest BCUT2D eigenvalue weighted by atomic mass is 16.3. The molecular formula is C11H17NO. The van der Waals surface area contributed by atoms with Crippen LogP contribution in [0, 0.1) is 23.2 Å². The summed E-state index contributed by atoms with van der Waals surface area (Å²) in [5, 5.41) is 10.3. The van der Waals surface area contributed by atoms with Crippen molar-refractivity contribution in [3.8, 4) is 0 Å². The first kappa shape index (κ1) is 7.24. The quantitative estimate of drug-likeness (QED) is 0.580. The zero-order chi connectivity index (χ0) is 8.84. The van der Waals surface area contributed by atoms with Crippen molar-refractivity contribution in [3.05, 3.63) is 0 Å². The van der Waals surface area contributed by atoms with Gasteiger partial charge >= 0.3 is 0 Å². The van der Waals surface area contributed by atoms with Crippen LogP contribution < -0.4 is 5.73 Å². The molecule has 0 radical (unpaired) electrons. The summed E-state index contributed by atoms with van der Waals surface area (Å²) in [6, 6.07) is 0.407. The second kappa shape index (κ2) is 1.70. The Bertz CT molecular complexity index is 288. The normalized spacial score (nSPS) is 72.5. The third kappa shape index (κ3) is 0.637. The van der Waals surface area contributed by atoms with Gasteiger partial charge in [-0.3, -0.25) is 0 Å². The Morgan fingerprint density at radius 1 is 1.08 bits per heavy atom. The minimum Gasteiger partial charge on any atom is -0.390 e. The first-order valence-corrected chi connectivity index (χ1v) is 5.61. The van der Waals surface area contributed by atoms with E-state index >= 15 is 0 Å². The number of rotatable bonds is 0. The molecule has 6 atom stereocenters. The maximum absolute atomic E-state index is 10.3. The molecule has 4 saturated carbocycles. The highest BCUT2D eigenvalue weighted by molar-refractivity contribution is 5.24. The molecule has 4 rings (SSSR count). The van der Waals surface area contributed by atoms with Crippen molar-refractivity contribution in [2.75, 3.05) is 0 Å². The van der Waals surface area contributed by atoms with E-state index in [4.69, 9.17) is 5.73 Å². The summed E-state index contributed by atoms with van der Waals surface area (Å²) in [4.78, 5) is 0. The minimum absolute atomic E-state index is 0.294. The van der Waals surface area contributed by atoms with E-state index in [9.17, 15) is 5.11 Å². The van der Waals surface area contributed by atoms with E-state index in [0.717, 1.165) is 31.1 Å². The molecule has 2 bridgehead atoms. The van der Waals surface area contributed by atoms with Crippen LogP contribution in [0.4, 0.5) is 0 Å².